The van der Waals surface area contributed by atoms with Crippen LogP contribution >= 0.6 is 0 Å². The fourth-order valence-corrected chi connectivity index (χ4v) is 2.31. The summed E-state index contributed by atoms with van der Waals surface area (Å²) in [6.07, 6.45) is -2.12. The lowest BCUT2D eigenvalue weighted by Gasteiger charge is -2.18. The number of nitrogens with two attached hydrogens (primary N) is 1. The molecule has 1 aromatic heterocycles. The van der Waals surface area contributed by atoms with Gasteiger partial charge in [-0.05, 0) is 0 Å². The number of ether oxygens (including phenoxy) is 1. The lowest BCUT2D eigenvalue weighted by Crippen LogP contribution is -2.36. The number of aromatic amines is 1. The number of primary amides is 1. The second kappa shape index (κ2) is 5.57. The number of hydrogen-bond acceptors (Lipinski definition) is 6. The third-order valence-corrected chi connectivity index (χ3v) is 3.26. The Hall–Kier alpha value is -1.97. The molecule has 110 valence electrons. The van der Waals surface area contributed by atoms with Gasteiger partial charge in [0.25, 0.3) is 5.56 Å². The number of H-pyrrole nitrogens is 1. The average Bonchev–Trinajstić information content (AvgIpc) is 2.67. The first kappa shape index (κ1) is 14.4. The van der Waals surface area contributed by atoms with E-state index >= 15 is 0 Å². The molecule has 1 saturated heterocycles. The summed E-state index contributed by atoms with van der Waals surface area (Å²) in [6, 6.07) is 1.10. The van der Waals surface area contributed by atoms with Crippen LogP contribution in [0.25, 0.3) is 0 Å². The molecular weight excluding hydrogens is 270 g/mol. The van der Waals surface area contributed by atoms with E-state index in [2.05, 4.69) is 0 Å². The number of amides is 1. The Morgan fingerprint density at radius 2 is 2.20 bits per heavy atom. The molecule has 1 fully saturated rings. The van der Waals surface area contributed by atoms with Crippen molar-refractivity contribution < 1.29 is 19.7 Å². The van der Waals surface area contributed by atoms with E-state index < -0.39 is 48.1 Å². The highest BCUT2D eigenvalue weighted by molar-refractivity contribution is 5.74. The number of nitrogens with zero attached hydrogens (tertiary/aromatic N) is 1. The molecular formula is C11H15N3O6. The standard InChI is InChI=1S/C11H15N3O6/c12-7(16)3-5-6(4-15)20-10(9(5)18)14-2-1-8(17)13-11(14)19/h1-2,5-6,9-10,15,18H,3-4H2,(H2,12,16)(H,13,17,19)/t5-,6-,9-,10-/m1/s1. The van der Waals surface area contributed by atoms with E-state index in [4.69, 9.17) is 10.5 Å². The van der Waals surface area contributed by atoms with Crippen molar-refractivity contribution in [1.29, 1.82) is 0 Å². The van der Waals surface area contributed by atoms with Crippen molar-refractivity contribution in [2.75, 3.05) is 6.61 Å². The maximum atomic E-state index is 11.7. The number of rotatable bonds is 4. The molecule has 0 aliphatic carbocycles. The van der Waals surface area contributed by atoms with Gasteiger partial charge in [0.05, 0.1) is 12.7 Å². The minimum absolute atomic E-state index is 0.180. The Bertz CT molecular complexity index is 609. The van der Waals surface area contributed by atoms with Gasteiger partial charge in [-0.1, -0.05) is 0 Å². The van der Waals surface area contributed by atoms with Crippen LogP contribution in [0.4, 0.5) is 0 Å². The van der Waals surface area contributed by atoms with E-state index in [9.17, 15) is 24.6 Å². The van der Waals surface area contributed by atoms with Crippen LogP contribution in [0.5, 0.6) is 0 Å². The van der Waals surface area contributed by atoms with Crippen molar-refractivity contribution in [3.8, 4) is 0 Å². The van der Waals surface area contributed by atoms with Crippen molar-refractivity contribution in [1.82, 2.24) is 9.55 Å². The molecule has 9 heteroatoms. The number of aliphatic hydroxyl groups is 2. The molecule has 0 aromatic carbocycles. The average molecular weight is 285 g/mol. The maximum absolute atomic E-state index is 11.7. The summed E-state index contributed by atoms with van der Waals surface area (Å²) < 4.78 is 6.37. The fourth-order valence-electron chi connectivity index (χ4n) is 2.31. The molecule has 0 bridgehead atoms. The normalized spacial score (nSPS) is 29.5. The van der Waals surface area contributed by atoms with E-state index in [1.807, 2.05) is 4.98 Å². The molecule has 1 aliphatic heterocycles. The van der Waals surface area contributed by atoms with Gasteiger partial charge in [-0.25, -0.2) is 4.79 Å². The molecule has 9 nitrogen and oxygen atoms in total. The number of aromatic nitrogens is 2. The van der Waals surface area contributed by atoms with Crippen LogP contribution < -0.4 is 17.0 Å². The predicted molar refractivity (Wildman–Crippen MR) is 65.6 cm³/mol. The largest absolute Gasteiger partial charge is 0.394 e. The summed E-state index contributed by atoms with van der Waals surface area (Å²) >= 11 is 0. The first-order valence-electron chi connectivity index (χ1n) is 5.98. The van der Waals surface area contributed by atoms with Crippen molar-refractivity contribution in [3.63, 3.8) is 0 Å². The van der Waals surface area contributed by atoms with E-state index in [1.54, 1.807) is 0 Å². The van der Waals surface area contributed by atoms with Crippen molar-refractivity contribution in [2.24, 2.45) is 11.7 Å². The van der Waals surface area contributed by atoms with Crippen LogP contribution in [0.15, 0.2) is 21.9 Å². The van der Waals surface area contributed by atoms with Gasteiger partial charge in [-0.2, -0.15) is 0 Å². The summed E-state index contributed by atoms with van der Waals surface area (Å²) in [5, 5.41) is 19.4. The molecule has 1 aliphatic rings. The third kappa shape index (κ3) is 2.64. The number of nitrogens with one attached hydrogen (secondary N) is 1. The summed E-state index contributed by atoms with van der Waals surface area (Å²) in [4.78, 5) is 35.7. The molecule has 0 saturated carbocycles. The first-order valence-corrected chi connectivity index (χ1v) is 5.98. The second-order valence-corrected chi connectivity index (χ2v) is 4.59. The van der Waals surface area contributed by atoms with Crippen LogP contribution in [0.1, 0.15) is 12.6 Å². The number of aliphatic hydroxyl groups excluding tert-OH is 2. The third-order valence-electron chi connectivity index (χ3n) is 3.26. The predicted octanol–water partition coefficient (Wildman–Crippen LogP) is -2.72. The Morgan fingerprint density at radius 3 is 2.75 bits per heavy atom. The Morgan fingerprint density at radius 1 is 1.50 bits per heavy atom. The molecule has 20 heavy (non-hydrogen) atoms. The fraction of sp³-hybridized carbons (Fsp3) is 0.545. The zero-order valence-corrected chi connectivity index (χ0v) is 10.4. The van der Waals surface area contributed by atoms with E-state index in [-0.39, 0.29) is 6.42 Å². The molecule has 5 N–H and O–H groups in total. The Labute approximate surface area is 112 Å². The zero-order valence-electron chi connectivity index (χ0n) is 10.4. The molecule has 0 spiro atoms. The van der Waals surface area contributed by atoms with Crippen molar-refractivity contribution >= 4 is 5.91 Å². The highest BCUT2D eigenvalue weighted by Gasteiger charge is 2.45. The van der Waals surface area contributed by atoms with E-state index in [1.165, 1.54) is 6.20 Å². The lowest BCUT2D eigenvalue weighted by atomic mass is 9.94. The minimum atomic E-state index is -1.21. The van der Waals surface area contributed by atoms with Crippen molar-refractivity contribution in [2.45, 2.75) is 24.9 Å². The van der Waals surface area contributed by atoms with Crippen LogP contribution in [0.3, 0.4) is 0 Å². The first-order chi connectivity index (χ1) is 9.43. The summed E-state index contributed by atoms with van der Waals surface area (Å²) in [5.41, 5.74) is 3.75. The number of carbonyl (C=O) groups is 1. The van der Waals surface area contributed by atoms with Gasteiger partial charge in [0.15, 0.2) is 6.23 Å². The zero-order chi connectivity index (χ0) is 14.9. The van der Waals surface area contributed by atoms with Crippen LogP contribution in [-0.4, -0.2) is 44.5 Å². The monoisotopic (exact) mass is 285 g/mol. The van der Waals surface area contributed by atoms with E-state index in [0.29, 0.717) is 0 Å². The summed E-state index contributed by atoms with van der Waals surface area (Å²) in [5.74, 6) is -1.37. The topological polar surface area (TPSA) is 148 Å². The summed E-state index contributed by atoms with van der Waals surface area (Å²) in [7, 11) is 0. The van der Waals surface area contributed by atoms with Gasteiger partial charge >= 0.3 is 5.69 Å². The van der Waals surface area contributed by atoms with E-state index in [0.717, 1.165) is 10.6 Å². The van der Waals surface area contributed by atoms with Crippen LogP contribution in [-0.2, 0) is 9.53 Å². The smallest absolute Gasteiger partial charge is 0.330 e. The molecule has 1 aromatic rings. The van der Waals surface area contributed by atoms with Crippen LogP contribution in [0, 0.1) is 5.92 Å². The Balaban J connectivity index is 2.32. The van der Waals surface area contributed by atoms with Gasteiger partial charge in [-0.3, -0.25) is 19.1 Å². The Kier molecular flexibility index (Phi) is 4.02. The minimum Gasteiger partial charge on any atom is -0.394 e. The van der Waals surface area contributed by atoms with Gasteiger partial charge in [0.1, 0.15) is 6.10 Å². The lowest BCUT2D eigenvalue weighted by molar-refractivity contribution is -0.120. The quantitative estimate of drug-likeness (QED) is 0.472. The molecule has 0 unspecified atom stereocenters. The highest BCUT2D eigenvalue weighted by Crippen LogP contribution is 2.34. The molecule has 4 atom stereocenters. The summed E-state index contributed by atoms with van der Waals surface area (Å²) in [6.45, 7) is -0.427. The van der Waals surface area contributed by atoms with Gasteiger partial charge < -0.3 is 20.7 Å². The second-order valence-electron chi connectivity index (χ2n) is 4.59. The van der Waals surface area contributed by atoms with Crippen molar-refractivity contribution in [3.05, 3.63) is 33.1 Å². The molecule has 0 radical (unpaired) electrons. The highest BCUT2D eigenvalue weighted by atomic mass is 16.5. The number of carbonyl (C=O) groups excluding carboxylic acids is 1. The molecule has 2 heterocycles. The SMILES string of the molecule is NC(=O)C[C@H]1[C@@H](O)[C@H](n2ccc(=O)[nH]c2=O)O[C@@H]1CO. The van der Waals surface area contributed by atoms with Gasteiger partial charge in [0, 0.05) is 24.6 Å². The maximum Gasteiger partial charge on any atom is 0.330 e. The van der Waals surface area contributed by atoms with Gasteiger partial charge in [0.2, 0.25) is 5.91 Å². The number of hydrogen-bond donors (Lipinski definition) is 4. The molecule has 1 amide bonds. The van der Waals surface area contributed by atoms with Gasteiger partial charge in [-0.15, -0.1) is 0 Å². The molecule has 2 rings (SSSR count). The van der Waals surface area contributed by atoms with Crippen LogP contribution in [0.2, 0.25) is 0 Å².